The number of hydrogen-bond acceptors (Lipinski definition) is 7. The van der Waals surface area contributed by atoms with Gasteiger partial charge in [-0.2, -0.15) is 4.31 Å². The van der Waals surface area contributed by atoms with Crippen LogP contribution in [0.2, 0.25) is 0 Å². The van der Waals surface area contributed by atoms with E-state index < -0.39 is 33.6 Å². The summed E-state index contributed by atoms with van der Waals surface area (Å²) in [5.41, 5.74) is 2.24. The molecule has 2 amide bonds. The van der Waals surface area contributed by atoms with Gasteiger partial charge in [-0.05, 0) is 80.1 Å². The van der Waals surface area contributed by atoms with Gasteiger partial charge >= 0.3 is 6.36 Å². The molecule has 248 valence electrons. The van der Waals surface area contributed by atoms with E-state index in [1.165, 1.54) is 16.4 Å². The van der Waals surface area contributed by atoms with Gasteiger partial charge in [0, 0.05) is 54.8 Å². The van der Waals surface area contributed by atoms with Crippen LogP contribution in [0.15, 0.2) is 46.8 Å². The van der Waals surface area contributed by atoms with Crippen LogP contribution in [0.4, 0.5) is 18.9 Å². The number of ether oxygens (including phenoxy) is 1. The molecule has 2 fully saturated rings. The van der Waals surface area contributed by atoms with Crippen LogP contribution in [-0.2, 0) is 19.6 Å². The minimum atomic E-state index is -4.86. The maximum atomic E-state index is 13.3. The van der Waals surface area contributed by atoms with Gasteiger partial charge in [0.25, 0.3) is 5.91 Å². The maximum Gasteiger partial charge on any atom is 0.573 e. The Hall–Kier alpha value is -3.75. The fraction of sp³-hybridized carbons (Fsp3) is 0.469. The van der Waals surface area contributed by atoms with Gasteiger partial charge in [0.1, 0.15) is 17.1 Å². The van der Waals surface area contributed by atoms with Crippen molar-refractivity contribution in [2.24, 2.45) is 4.99 Å². The minimum absolute atomic E-state index is 0.0356. The lowest BCUT2D eigenvalue weighted by molar-refractivity contribution is -0.274. The standard InChI is InChI=1S/C32H38F3N5O5S/c1-20(2)36-19-24-8-9-28(41)40(24)25-16-21(3)27(22(4)17-25)10-15-46(43,44)39-13-11-31(12-14-39)30(42)37-29(38-31)23-6-5-7-26(18-23)45-32(33,34)35/h5-7,10,15-18,20,24,36H,8-9,11-14,19H2,1-4H3,(H,37,38,42)/t24-/m1/s1. The van der Waals surface area contributed by atoms with Crippen LogP contribution in [-0.4, -0.2) is 74.0 Å². The van der Waals surface area contributed by atoms with Gasteiger partial charge in [-0.25, -0.2) is 8.42 Å². The van der Waals surface area contributed by atoms with E-state index in [9.17, 15) is 31.2 Å². The number of halogens is 3. The number of hydrogen-bond donors (Lipinski definition) is 2. The van der Waals surface area contributed by atoms with Crippen LogP contribution >= 0.6 is 0 Å². The molecule has 1 atom stereocenters. The molecule has 2 aromatic rings. The molecular weight excluding hydrogens is 623 g/mol. The number of sulfonamides is 1. The Morgan fingerprint density at radius 3 is 2.43 bits per heavy atom. The molecule has 0 radical (unpaired) electrons. The number of aliphatic imine (C=N–C) groups is 1. The summed E-state index contributed by atoms with van der Waals surface area (Å²) >= 11 is 0. The second-order valence-corrected chi connectivity index (χ2v) is 14.1. The van der Waals surface area contributed by atoms with Crippen LogP contribution in [0.5, 0.6) is 5.75 Å². The highest BCUT2D eigenvalue weighted by Crippen LogP contribution is 2.34. The van der Waals surface area contributed by atoms with E-state index in [2.05, 4.69) is 34.2 Å². The minimum Gasteiger partial charge on any atom is -0.406 e. The largest absolute Gasteiger partial charge is 0.573 e. The Morgan fingerprint density at radius 1 is 1.13 bits per heavy atom. The molecule has 1 spiro atoms. The van der Waals surface area contributed by atoms with E-state index in [-0.39, 0.29) is 49.3 Å². The average molecular weight is 662 g/mol. The zero-order chi connectivity index (χ0) is 33.4. The van der Waals surface area contributed by atoms with Gasteiger partial charge in [-0.1, -0.05) is 26.0 Å². The molecule has 5 rings (SSSR count). The molecule has 3 heterocycles. The first-order valence-electron chi connectivity index (χ1n) is 15.2. The van der Waals surface area contributed by atoms with Gasteiger partial charge in [0.05, 0.1) is 0 Å². The highest BCUT2D eigenvalue weighted by Gasteiger charge is 2.47. The molecule has 0 unspecified atom stereocenters. The number of piperidine rings is 1. The maximum absolute atomic E-state index is 13.3. The van der Waals surface area contributed by atoms with Crippen molar-refractivity contribution in [2.45, 2.75) is 77.4 Å². The molecule has 2 aromatic carbocycles. The smallest absolute Gasteiger partial charge is 0.406 e. The molecule has 0 saturated carbocycles. The fourth-order valence-electron chi connectivity index (χ4n) is 6.20. The molecule has 14 heteroatoms. The summed E-state index contributed by atoms with van der Waals surface area (Å²) in [4.78, 5) is 32.1. The number of nitrogens with zero attached hydrogens (tertiary/aromatic N) is 3. The van der Waals surface area contributed by atoms with Crippen LogP contribution in [0.3, 0.4) is 0 Å². The Morgan fingerprint density at radius 2 is 1.80 bits per heavy atom. The average Bonchev–Trinajstić information content (AvgIpc) is 3.49. The number of anilines is 1. The summed E-state index contributed by atoms with van der Waals surface area (Å²) in [6.45, 7) is 8.65. The highest BCUT2D eigenvalue weighted by molar-refractivity contribution is 7.92. The highest BCUT2D eigenvalue weighted by atomic mass is 32.2. The second kappa shape index (κ2) is 12.8. The van der Waals surface area contributed by atoms with Crippen molar-refractivity contribution in [2.75, 3.05) is 24.5 Å². The lowest BCUT2D eigenvalue weighted by Gasteiger charge is -2.34. The molecule has 0 aliphatic carbocycles. The summed E-state index contributed by atoms with van der Waals surface area (Å²) < 4.78 is 69.9. The summed E-state index contributed by atoms with van der Waals surface area (Å²) in [5.74, 6) is -0.688. The molecular formula is C32H38F3N5O5S. The third-order valence-electron chi connectivity index (χ3n) is 8.58. The van der Waals surface area contributed by atoms with Crippen molar-refractivity contribution in [3.63, 3.8) is 0 Å². The van der Waals surface area contributed by atoms with Crippen molar-refractivity contribution in [1.82, 2.24) is 14.9 Å². The first kappa shape index (κ1) is 33.6. The van der Waals surface area contributed by atoms with Crippen molar-refractivity contribution in [3.8, 4) is 5.75 Å². The number of benzene rings is 2. The van der Waals surface area contributed by atoms with Gasteiger partial charge in [-0.15, -0.1) is 13.2 Å². The summed E-state index contributed by atoms with van der Waals surface area (Å²) in [6.07, 6.45) is -1.83. The Labute approximate surface area is 266 Å². The third kappa shape index (κ3) is 7.29. The van der Waals surface area contributed by atoms with Crippen molar-refractivity contribution >= 4 is 39.4 Å². The molecule has 2 saturated heterocycles. The zero-order valence-corrected chi connectivity index (χ0v) is 27.0. The van der Waals surface area contributed by atoms with Gasteiger partial charge in [0.2, 0.25) is 15.9 Å². The molecule has 3 aliphatic heterocycles. The van der Waals surface area contributed by atoms with Gasteiger partial charge in [-0.3, -0.25) is 14.6 Å². The topological polar surface area (TPSA) is 120 Å². The molecule has 0 aromatic heterocycles. The Bertz CT molecular complexity index is 1660. The van der Waals surface area contributed by atoms with E-state index in [4.69, 9.17) is 0 Å². The summed E-state index contributed by atoms with van der Waals surface area (Å²) in [6, 6.07) is 9.33. The number of alkyl halides is 3. The van der Waals surface area contributed by atoms with Crippen LogP contribution in [0, 0.1) is 13.8 Å². The number of amides is 2. The molecule has 46 heavy (non-hydrogen) atoms. The van der Waals surface area contributed by atoms with E-state index in [0.29, 0.717) is 19.0 Å². The van der Waals surface area contributed by atoms with E-state index in [1.54, 1.807) is 6.08 Å². The fourth-order valence-corrected chi connectivity index (χ4v) is 7.37. The molecule has 10 nitrogen and oxygen atoms in total. The van der Waals surface area contributed by atoms with E-state index in [1.807, 2.05) is 30.9 Å². The second-order valence-electron chi connectivity index (χ2n) is 12.3. The zero-order valence-electron chi connectivity index (χ0n) is 26.1. The third-order valence-corrected chi connectivity index (χ3v) is 10.1. The Kier molecular flexibility index (Phi) is 9.35. The molecule has 0 bridgehead atoms. The number of aryl methyl sites for hydroxylation is 2. The van der Waals surface area contributed by atoms with Gasteiger partial charge < -0.3 is 20.3 Å². The van der Waals surface area contributed by atoms with E-state index >= 15 is 0 Å². The number of carbonyl (C=O) groups excluding carboxylic acids is 2. The molecule has 2 N–H and O–H groups in total. The number of carbonyl (C=O) groups is 2. The van der Waals surface area contributed by atoms with Crippen LogP contribution < -0.4 is 20.3 Å². The quantitative estimate of drug-likeness (QED) is 0.411. The number of nitrogens with one attached hydrogen (secondary N) is 2. The molecule has 3 aliphatic rings. The van der Waals surface area contributed by atoms with Crippen molar-refractivity contribution in [3.05, 3.63) is 64.1 Å². The van der Waals surface area contributed by atoms with Crippen LogP contribution in [0.25, 0.3) is 6.08 Å². The van der Waals surface area contributed by atoms with E-state index in [0.717, 1.165) is 46.3 Å². The summed E-state index contributed by atoms with van der Waals surface area (Å²) in [5, 5.41) is 7.21. The predicted octanol–water partition coefficient (Wildman–Crippen LogP) is 4.41. The predicted molar refractivity (Wildman–Crippen MR) is 169 cm³/mol. The monoisotopic (exact) mass is 661 g/mol. The SMILES string of the molecule is Cc1cc(N2C(=O)CC[C@@H]2CNC(C)C)cc(C)c1C=CS(=O)(=O)N1CCC2(CC1)N=C(c1cccc(OC(F)(F)F)c1)NC2=O. The number of rotatable bonds is 9. The van der Waals surface area contributed by atoms with Crippen LogP contribution in [0.1, 0.15) is 61.8 Å². The van der Waals surface area contributed by atoms with Crippen molar-refractivity contribution < 1.29 is 35.9 Å². The Balaban J connectivity index is 1.27. The normalized spacial score (nSPS) is 20.7. The van der Waals surface area contributed by atoms with Crippen molar-refractivity contribution in [1.29, 1.82) is 0 Å². The lowest BCUT2D eigenvalue weighted by Crippen LogP contribution is -2.50. The number of amidine groups is 1. The van der Waals surface area contributed by atoms with Gasteiger partial charge in [0.15, 0.2) is 0 Å². The lowest BCUT2D eigenvalue weighted by atomic mass is 9.89. The first-order chi connectivity index (χ1) is 21.6. The first-order valence-corrected chi connectivity index (χ1v) is 16.7. The summed E-state index contributed by atoms with van der Waals surface area (Å²) in [7, 11) is -3.85.